The highest BCUT2D eigenvalue weighted by molar-refractivity contribution is 7.09. The van der Waals surface area contributed by atoms with Gasteiger partial charge >= 0.3 is 6.09 Å². The topological polar surface area (TPSA) is 80.7 Å². The standard InChI is InChI=1S/C19H38N2O4SSi2/c1-18(2,3)27(7,8)24-13-14(25-28(9,10)19(4,5)6)15(21-17(22)23)16-20-11-12-26-16/h11-12,14-15,21H,13H2,1-10H3,(H,22,23)/t14-,15-/m1/s1. The van der Waals surface area contributed by atoms with Gasteiger partial charge in [-0.15, -0.1) is 11.3 Å². The zero-order valence-corrected chi connectivity index (χ0v) is 21.9. The minimum atomic E-state index is -2.16. The summed E-state index contributed by atoms with van der Waals surface area (Å²) in [6.07, 6.45) is 0.169. The lowest BCUT2D eigenvalue weighted by molar-refractivity contribution is 0.0739. The molecule has 1 aromatic rings. The van der Waals surface area contributed by atoms with Crippen molar-refractivity contribution in [3.8, 4) is 0 Å². The number of hydrogen-bond donors (Lipinski definition) is 2. The Balaban J connectivity index is 3.23. The summed E-state index contributed by atoms with van der Waals surface area (Å²) in [6, 6.07) is -0.559. The first-order chi connectivity index (χ1) is 12.5. The van der Waals surface area contributed by atoms with E-state index in [1.54, 1.807) is 6.20 Å². The van der Waals surface area contributed by atoms with Crippen LogP contribution in [-0.4, -0.2) is 45.5 Å². The van der Waals surface area contributed by atoms with Crippen molar-refractivity contribution in [2.45, 2.75) is 90.0 Å². The highest BCUT2D eigenvalue weighted by Gasteiger charge is 2.44. The fraction of sp³-hybridized carbons (Fsp3) is 0.789. The lowest BCUT2D eigenvalue weighted by atomic mass is 10.2. The summed E-state index contributed by atoms with van der Waals surface area (Å²) in [4.78, 5) is 15.9. The molecule has 0 radical (unpaired) electrons. The van der Waals surface area contributed by atoms with Gasteiger partial charge in [0.1, 0.15) is 11.0 Å². The van der Waals surface area contributed by atoms with E-state index in [1.807, 2.05) is 5.38 Å². The average molecular weight is 447 g/mol. The van der Waals surface area contributed by atoms with Gasteiger partial charge in [0.2, 0.25) is 0 Å². The third-order valence-corrected chi connectivity index (χ3v) is 15.9. The van der Waals surface area contributed by atoms with E-state index >= 15 is 0 Å². The summed E-state index contributed by atoms with van der Waals surface area (Å²) in [5, 5.41) is 14.7. The maximum Gasteiger partial charge on any atom is 0.405 e. The Morgan fingerprint density at radius 2 is 1.68 bits per heavy atom. The Kier molecular flexibility index (Phi) is 8.08. The number of thiazole rings is 1. The molecule has 0 unspecified atom stereocenters. The fourth-order valence-corrected chi connectivity index (χ4v) is 5.16. The predicted molar refractivity (Wildman–Crippen MR) is 121 cm³/mol. The van der Waals surface area contributed by atoms with Crippen LogP contribution in [0.1, 0.15) is 52.6 Å². The minimum Gasteiger partial charge on any atom is -0.465 e. The largest absolute Gasteiger partial charge is 0.465 e. The first kappa shape index (κ1) is 25.3. The molecular formula is C19H38N2O4SSi2. The van der Waals surface area contributed by atoms with Gasteiger partial charge < -0.3 is 19.3 Å². The van der Waals surface area contributed by atoms with Gasteiger partial charge in [-0.1, -0.05) is 41.5 Å². The number of amides is 1. The average Bonchev–Trinajstić information content (AvgIpc) is 3.00. The molecule has 6 nitrogen and oxygen atoms in total. The van der Waals surface area contributed by atoms with Crippen LogP contribution in [-0.2, 0) is 8.85 Å². The molecule has 1 heterocycles. The molecule has 9 heteroatoms. The van der Waals surface area contributed by atoms with Crippen molar-refractivity contribution >= 4 is 34.1 Å². The molecule has 0 spiro atoms. The molecule has 162 valence electrons. The summed E-state index contributed by atoms with van der Waals surface area (Å²) < 4.78 is 13.1. The van der Waals surface area contributed by atoms with E-state index in [0.717, 1.165) is 0 Å². The van der Waals surface area contributed by atoms with E-state index in [-0.39, 0.29) is 10.1 Å². The first-order valence-electron chi connectivity index (χ1n) is 9.68. The van der Waals surface area contributed by atoms with Gasteiger partial charge in [-0.2, -0.15) is 0 Å². The molecule has 28 heavy (non-hydrogen) atoms. The smallest absolute Gasteiger partial charge is 0.405 e. The maximum absolute atomic E-state index is 11.5. The maximum atomic E-state index is 11.5. The van der Waals surface area contributed by atoms with Crippen molar-refractivity contribution in [1.29, 1.82) is 0 Å². The van der Waals surface area contributed by atoms with Gasteiger partial charge in [-0.25, -0.2) is 9.78 Å². The molecule has 0 aliphatic rings. The molecule has 0 fully saturated rings. The van der Waals surface area contributed by atoms with Crippen molar-refractivity contribution < 1.29 is 18.8 Å². The normalized spacial score (nSPS) is 15.9. The highest BCUT2D eigenvalue weighted by Crippen LogP contribution is 2.40. The minimum absolute atomic E-state index is 0.00112. The Morgan fingerprint density at radius 1 is 1.14 bits per heavy atom. The molecule has 2 N–H and O–H groups in total. The Hall–Kier alpha value is -0.746. The van der Waals surface area contributed by atoms with Crippen LogP contribution >= 0.6 is 11.3 Å². The highest BCUT2D eigenvalue weighted by atomic mass is 32.1. The second kappa shape index (κ2) is 8.95. The number of aromatic nitrogens is 1. The SMILES string of the molecule is CC(C)(C)[Si](C)(C)OC[C@@H](O[Si](C)(C)C(C)(C)C)[C@@H](NC(=O)O)c1nccs1. The number of nitrogens with one attached hydrogen (secondary N) is 1. The van der Waals surface area contributed by atoms with Gasteiger partial charge in [0.15, 0.2) is 16.6 Å². The lowest BCUT2D eigenvalue weighted by Crippen LogP contribution is -2.51. The van der Waals surface area contributed by atoms with Crippen LogP contribution in [0.15, 0.2) is 11.6 Å². The zero-order valence-electron chi connectivity index (χ0n) is 19.0. The van der Waals surface area contributed by atoms with Gasteiger partial charge in [-0.05, 0) is 36.3 Å². The number of nitrogens with zero attached hydrogens (tertiary/aromatic N) is 1. The molecule has 0 aliphatic heterocycles. The van der Waals surface area contributed by atoms with Gasteiger partial charge in [0.25, 0.3) is 0 Å². The van der Waals surface area contributed by atoms with Crippen LogP contribution in [0, 0.1) is 0 Å². The molecule has 1 amide bonds. The molecule has 0 saturated heterocycles. The van der Waals surface area contributed by atoms with E-state index in [4.69, 9.17) is 8.85 Å². The first-order valence-corrected chi connectivity index (χ1v) is 16.4. The third kappa shape index (κ3) is 6.65. The van der Waals surface area contributed by atoms with Crippen LogP contribution in [0.2, 0.25) is 36.3 Å². The fourth-order valence-electron chi connectivity index (χ4n) is 2.10. The number of carboxylic acid groups (broad SMARTS) is 1. The molecule has 0 bridgehead atoms. The van der Waals surface area contributed by atoms with E-state index in [0.29, 0.717) is 11.6 Å². The lowest BCUT2D eigenvalue weighted by Gasteiger charge is -2.43. The second-order valence-corrected chi connectivity index (χ2v) is 20.8. The molecule has 1 rings (SSSR count). The second-order valence-electron chi connectivity index (χ2n) is 10.3. The van der Waals surface area contributed by atoms with E-state index in [9.17, 15) is 9.90 Å². The summed E-state index contributed by atoms with van der Waals surface area (Å²) in [5.41, 5.74) is 0. The summed E-state index contributed by atoms with van der Waals surface area (Å²) >= 11 is 1.43. The Bertz CT molecular complexity index is 637. The Labute approximate surface area is 176 Å². The van der Waals surface area contributed by atoms with E-state index in [2.05, 4.69) is 78.0 Å². The van der Waals surface area contributed by atoms with Crippen LogP contribution in [0.3, 0.4) is 0 Å². The summed E-state index contributed by atoms with van der Waals surface area (Å²) in [5.74, 6) is 0. The van der Waals surface area contributed by atoms with E-state index < -0.39 is 34.9 Å². The van der Waals surface area contributed by atoms with E-state index in [1.165, 1.54) is 11.3 Å². The van der Waals surface area contributed by atoms with Crippen LogP contribution < -0.4 is 5.32 Å². The molecular weight excluding hydrogens is 408 g/mol. The van der Waals surface area contributed by atoms with Crippen molar-refractivity contribution in [2.75, 3.05) is 6.61 Å². The molecule has 0 aromatic carbocycles. The number of rotatable bonds is 8. The number of hydrogen-bond acceptors (Lipinski definition) is 5. The van der Waals surface area contributed by atoms with Crippen molar-refractivity contribution in [1.82, 2.24) is 10.3 Å². The summed E-state index contributed by atoms with van der Waals surface area (Å²) in [7, 11) is -4.17. The molecule has 0 aliphatic carbocycles. The monoisotopic (exact) mass is 446 g/mol. The Morgan fingerprint density at radius 3 is 2.07 bits per heavy atom. The van der Waals surface area contributed by atoms with Crippen LogP contribution in [0.4, 0.5) is 4.79 Å². The van der Waals surface area contributed by atoms with Crippen molar-refractivity contribution in [3.05, 3.63) is 16.6 Å². The summed E-state index contributed by atoms with van der Waals surface area (Å²) in [6.45, 7) is 22.2. The molecule has 0 saturated carbocycles. The van der Waals surface area contributed by atoms with Gasteiger partial charge in [0.05, 0.1) is 12.7 Å². The van der Waals surface area contributed by atoms with Gasteiger partial charge in [0, 0.05) is 11.6 Å². The molecule has 1 aromatic heterocycles. The predicted octanol–water partition coefficient (Wildman–Crippen LogP) is 5.86. The van der Waals surface area contributed by atoms with Crippen molar-refractivity contribution in [2.24, 2.45) is 0 Å². The van der Waals surface area contributed by atoms with Crippen LogP contribution in [0.25, 0.3) is 0 Å². The molecule has 2 atom stereocenters. The van der Waals surface area contributed by atoms with Crippen LogP contribution in [0.5, 0.6) is 0 Å². The third-order valence-electron chi connectivity index (χ3n) is 6.04. The van der Waals surface area contributed by atoms with Crippen molar-refractivity contribution in [3.63, 3.8) is 0 Å². The van der Waals surface area contributed by atoms with Gasteiger partial charge in [-0.3, -0.25) is 0 Å². The zero-order chi connectivity index (χ0) is 22.0. The quantitative estimate of drug-likeness (QED) is 0.488. The number of carbonyl (C=O) groups is 1.